The summed E-state index contributed by atoms with van der Waals surface area (Å²) in [5, 5.41) is 15.0. The predicted octanol–water partition coefficient (Wildman–Crippen LogP) is 2.46. The van der Waals surface area contributed by atoms with Crippen molar-refractivity contribution in [1.29, 1.82) is 0 Å². The number of nitrogens with zero attached hydrogens (tertiary/aromatic N) is 1. The summed E-state index contributed by atoms with van der Waals surface area (Å²) in [6.07, 6.45) is 1.49. The Morgan fingerprint density at radius 3 is 2.10 bits per heavy atom. The molecule has 1 amide bonds. The van der Waals surface area contributed by atoms with Crippen LogP contribution in [-0.2, 0) is 4.79 Å². The zero-order chi connectivity index (χ0) is 28.2. The van der Waals surface area contributed by atoms with Gasteiger partial charge < -0.3 is 29.5 Å². The van der Waals surface area contributed by atoms with Gasteiger partial charge in [0.05, 0.1) is 32.8 Å². The Hall–Kier alpha value is -1.49. The molecule has 0 saturated carbocycles. The smallest absolute Gasteiger partial charge is 0.872 e. The molecule has 2 fully saturated rings. The van der Waals surface area contributed by atoms with Crippen LogP contribution in [0.25, 0.3) is 0 Å². The van der Waals surface area contributed by atoms with E-state index in [2.05, 4.69) is 5.32 Å². The fourth-order valence-corrected chi connectivity index (χ4v) is 5.75. The van der Waals surface area contributed by atoms with Crippen molar-refractivity contribution in [2.45, 2.75) is 18.9 Å². The molecule has 0 aromatic heterocycles. The van der Waals surface area contributed by atoms with Crippen molar-refractivity contribution in [3.63, 3.8) is 0 Å². The van der Waals surface area contributed by atoms with Crippen LogP contribution in [0.2, 0.25) is 5.02 Å². The Labute approximate surface area is 281 Å². The molecule has 1 unspecified atom stereocenters. The molecule has 208 valence electrons. The number of hydrogen-bond donors (Lipinski definition) is 1. The number of halogens is 3. The average molecular weight is 617 g/mol. The number of anilines is 1. The summed E-state index contributed by atoms with van der Waals surface area (Å²) >= 11 is 6.02. The van der Waals surface area contributed by atoms with Gasteiger partial charge in [0.25, 0.3) is 8.54 Å². The molecular formula is C28H29ClF2KN2O5P. The first-order chi connectivity index (χ1) is 18.7. The van der Waals surface area contributed by atoms with Crippen molar-refractivity contribution in [3.8, 4) is 23.0 Å². The number of rotatable bonds is 6. The number of piperidine rings is 1. The van der Waals surface area contributed by atoms with Gasteiger partial charge in [0, 0.05) is 16.0 Å². The molecule has 2 saturated heterocycles. The fraction of sp³-hybridized carbons (Fsp3) is 0.321. The van der Waals surface area contributed by atoms with E-state index in [1.165, 1.54) is 45.6 Å². The van der Waals surface area contributed by atoms with Crippen molar-refractivity contribution in [1.82, 2.24) is 5.32 Å². The monoisotopic (exact) mass is 616 g/mol. The van der Waals surface area contributed by atoms with Crippen molar-refractivity contribution >= 4 is 37.0 Å². The van der Waals surface area contributed by atoms with Crippen LogP contribution in [0.4, 0.5) is 14.1 Å². The van der Waals surface area contributed by atoms with Crippen molar-refractivity contribution < 1.29 is 83.9 Å². The topological polar surface area (TPSA) is 83.1 Å². The molecule has 5 rings (SSSR count). The van der Waals surface area contributed by atoms with Gasteiger partial charge in [-0.2, -0.15) is 8.39 Å². The molecule has 2 heterocycles. The van der Waals surface area contributed by atoms with E-state index in [4.69, 9.17) is 25.8 Å². The molecule has 12 heteroatoms. The summed E-state index contributed by atoms with van der Waals surface area (Å²) in [6, 6.07) is 16.2. The number of carbonyl (C=O) groups is 1. The largest absolute Gasteiger partial charge is 1.00 e. The van der Waals surface area contributed by atoms with Crippen LogP contribution in [-0.4, -0.2) is 40.3 Å². The number of hydrogen-bond acceptors (Lipinski definition) is 6. The van der Waals surface area contributed by atoms with E-state index in [0.717, 1.165) is 31.5 Å². The Morgan fingerprint density at radius 2 is 1.57 bits per heavy atom. The standard InChI is InChI=1S/C19H18ClF2N2OP.C9H12O4.K/c20-14-6-4-13(5-7-14)17-19(8-10-23-11-9-19)18(25)24(17)15-2-1-3-16(12-15)26(21)22;1-11-7-4-6(10)5-8(12-2)9(7)13-3;/h1-7,12,17,23H,8-11H2;4-5,10H,1-3H3;/q;;+1/p-1. The minimum absolute atomic E-state index is 0. The van der Waals surface area contributed by atoms with Gasteiger partial charge in [-0.15, -0.1) is 5.75 Å². The number of amides is 1. The predicted molar refractivity (Wildman–Crippen MR) is 147 cm³/mol. The number of ether oxygens (including phenoxy) is 3. The van der Waals surface area contributed by atoms with Crippen LogP contribution in [0.3, 0.4) is 0 Å². The van der Waals surface area contributed by atoms with Crippen molar-refractivity contribution in [2.75, 3.05) is 39.3 Å². The van der Waals surface area contributed by atoms with Crippen LogP contribution in [0.15, 0.2) is 60.7 Å². The summed E-state index contributed by atoms with van der Waals surface area (Å²) in [4.78, 5) is 14.8. The summed E-state index contributed by atoms with van der Waals surface area (Å²) in [6.45, 7) is 1.56. The normalized spacial score (nSPS) is 17.3. The van der Waals surface area contributed by atoms with E-state index in [1.807, 2.05) is 24.3 Å². The van der Waals surface area contributed by atoms with Gasteiger partial charge in [-0.3, -0.25) is 4.79 Å². The molecule has 3 aromatic carbocycles. The van der Waals surface area contributed by atoms with Crippen molar-refractivity contribution in [2.24, 2.45) is 5.41 Å². The van der Waals surface area contributed by atoms with Crippen LogP contribution in [0.5, 0.6) is 23.0 Å². The van der Waals surface area contributed by atoms with Gasteiger partial charge in [0.15, 0.2) is 11.5 Å². The quantitative estimate of drug-likeness (QED) is 0.260. The molecular weight excluding hydrogens is 588 g/mol. The third-order valence-corrected chi connectivity index (χ3v) is 7.97. The first-order valence-electron chi connectivity index (χ1n) is 12.2. The van der Waals surface area contributed by atoms with Gasteiger partial charge in [0.1, 0.15) is 0 Å². The minimum atomic E-state index is -3.19. The molecule has 2 aliphatic rings. The number of carbonyl (C=O) groups excluding carboxylic acids is 1. The molecule has 0 bridgehead atoms. The molecule has 1 atom stereocenters. The zero-order valence-corrected chi connectivity index (χ0v) is 27.5. The van der Waals surface area contributed by atoms with E-state index in [1.54, 1.807) is 17.0 Å². The summed E-state index contributed by atoms with van der Waals surface area (Å²) < 4.78 is 41.3. The Morgan fingerprint density at radius 1 is 0.975 bits per heavy atom. The summed E-state index contributed by atoms with van der Waals surface area (Å²) in [5.74, 6) is 1.05. The molecule has 0 radical (unpaired) electrons. The SMILES string of the molecule is COc1cc([O-])cc(OC)c1OC.O=C1N(c2cccc(P(F)F)c2)C(c2ccc(Cl)cc2)C12CCNCC2.[K+]. The molecule has 1 N–H and O–H groups in total. The molecule has 40 heavy (non-hydrogen) atoms. The summed E-state index contributed by atoms with van der Waals surface area (Å²) in [7, 11) is 1.24. The zero-order valence-electron chi connectivity index (χ0n) is 22.7. The molecule has 1 spiro atoms. The minimum Gasteiger partial charge on any atom is -0.872 e. The third kappa shape index (κ3) is 6.76. The Balaban J connectivity index is 0.000000268. The van der Waals surface area contributed by atoms with E-state index in [-0.39, 0.29) is 74.4 Å². The fourth-order valence-electron chi connectivity index (χ4n) is 5.20. The third-order valence-electron chi connectivity index (χ3n) is 7.05. The second-order valence-electron chi connectivity index (χ2n) is 9.15. The van der Waals surface area contributed by atoms with E-state index in [9.17, 15) is 18.3 Å². The van der Waals surface area contributed by atoms with E-state index < -0.39 is 14.0 Å². The molecule has 0 aliphatic carbocycles. The maximum absolute atomic E-state index is 13.2. The van der Waals surface area contributed by atoms with Gasteiger partial charge in [-0.1, -0.05) is 29.8 Å². The van der Waals surface area contributed by atoms with E-state index in [0.29, 0.717) is 28.0 Å². The van der Waals surface area contributed by atoms with Crippen molar-refractivity contribution in [3.05, 3.63) is 71.2 Å². The number of benzene rings is 3. The van der Waals surface area contributed by atoms with Crippen LogP contribution in [0, 0.1) is 5.41 Å². The van der Waals surface area contributed by atoms with Gasteiger partial charge in [0.2, 0.25) is 11.7 Å². The number of nitrogens with one attached hydrogen (secondary N) is 1. The molecule has 3 aromatic rings. The van der Waals surface area contributed by atoms with Gasteiger partial charge in [-0.05, 0) is 74.0 Å². The number of β-lactam (4-membered cyclic amide) rings is 1. The van der Waals surface area contributed by atoms with Crippen LogP contribution in [0.1, 0.15) is 24.4 Å². The molecule has 2 aliphatic heterocycles. The van der Waals surface area contributed by atoms with Gasteiger partial charge >= 0.3 is 51.4 Å². The second kappa shape index (κ2) is 14.6. The Bertz CT molecular complexity index is 1290. The summed E-state index contributed by atoms with van der Waals surface area (Å²) in [5.41, 5.74) is 1.06. The molecule has 7 nitrogen and oxygen atoms in total. The van der Waals surface area contributed by atoms with E-state index >= 15 is 0 Å². The maximum Gasteiger partial charge on any atom is 1.00 e. The van der Waals surface area contributed by atoms with Crippen LogP contribution < -0.4 is 86.2 Å². The van der Waals surface area contributed by atoms with Crippen LogP contribution >= 0.6 is 20.1 Å². The second-order valence-corrected chi connectivity index (χ2v) is 10.6. The van der Waals surface area contributed by atoms with Gasteiger partial charge in [-0.25, -0.2) is 0 Å². The maximum atomic E-state index is 13.2. The average Bonchev–Trinajstić information content (AvgIpc) is 2.96. The first-order valence-corrected chi connectivity index (χ1v) is 13.7. The first kappa shape index (κ1) is 33.0. The number of methoxy groups -OCH3 is 3. The Kier molecular flexibility index (Phi) is 12.1.